The van der Waals surface area contributed by atoms with Crippen molar-refractivity contribution in [2.24, 2.45) is 0 Å². The molecule has 5 heterocycles. The number of aliphatic carboxylic acids is 1. The Balaban J connectivity index is 1.19. The minimum atomic E-state index is -1.11. The molecule has 0 spiro atoms. The van der Waals surface area contributed by atoms with E-state index in [0.717, 1.165) is 38.2 Å². The van der Waals surface area contributed by atoms with E-state index in [4.69, 9.17) is 34.6 Å². The minimum absolute atomic E-state index is 0.117. The van der Waals surface area contributed by atoms with Crippen LogP contribution in [0.5, 0.6) is 11.5 Å². The molecule has 8 bridgehead atoms. The molecule has 2 aliphatic rings. The van der Waals surface area contributed by atoms with Gasteiger partial charge in [0.1, 0.15) is 40.1 Å². The summed E-state index contributed by atoms with van der Waals surface area (Å²) in [6, 6.07) is 35.4. The second kappa shape index (κ2) is 13.0. The fourth-order valence-corrected chi connectivity index (χ4v) is 7.24. The summed E-state index contributed by atoms with van der Waals surface area (Å²) in [5.41, 5.74) is 6.14. The molecule has 13 nitrogen and oxygen atoms in total. The van der Waals surface area contributed by atoms with Crippen molar-refractivity contribution in [2.75, 3.05) is 0 Å². The fourth-order valence-electron chi connectivity index (χ4n) is 7.24. The summed E-state index contributed by atoms with van der Waals surface area (Å²) in [6.45, 7) is 1.29. The molecule has 0 radical (unpaired) electrons. The number of rotatable bonds is 6. The Morgan fingerprint density at radius 3 is 1.57 bits per heavy atom. The van der Waals surface area contributed by atoms with Gasteiger partial charge in [0.25, 0.3) is 0 Å². The topological polar surface area (TPSA) is 185 Å². The van der Waals surface area contributed by atoms with E-state index in [9.17, 15) is 14.7 Å². The SMILES string of the molecule is CC(=O)NC(Cc1ccc(Oc2cccc3c2-c2nc-3nc3[nH]c(nc4nc(nc5[nH]c(n2)c2ccccc52)-c2ccccc2-4)c2ccccc32)cc1)C(=O)O. The van der Waals surface area contributed by atoms with Crippen molar-refractivity contribution >= 4 is 56.0 Å². The van der Waals surface area contributed by atoms with Gasteiger partial charge < -0.3 is 25.1 Å². The molecule has 0 fully saturated rings. The smallest absolute Gasteiger partial charge is 0.326 e. The molecular weight excluding hydrogens is 707 g/mol. The van der Waals surface area contributed by atoms with Gasteiger partial charge in [-0.3, -0.25) is 4.79 Å². The first-order valence-corrected chi connectivity index (χ1v) is 17.9. The quantitative estimate of drug-likeness (QED) is 0.131. The number of carbonyl (C=O) groups is 2. The lowest BCUT2D eigenvalue weighted by Crippen LogP contribution is -2.41. The van der Waals surface area contributed by atoms with Crippen LogP contribution in [0.25, 0.3) is 89.7 Å². The van der Waals surface area contributed by atoms with Gasteiger partial charge in [0.15, 0.2) is 23.3 Å². The molecule has 0 saturated heterocycles. The third kappa shape index (κ3) is 5.65. The van der Waals surface area contributed by atoms with Gasteiger partial charge in [-0.05, 0) is 23.8 Å². The maximum Gasteiger partial charge on any atom is 0.326 e. The second-order valence-electron chi connectivity index (χ2n) is 13.5. The summed E-state index contributed by atoms with van der Waals surface area (Å²) >= 11 is 0. The van der Waals surface area contributed by atoms with Crippen molar-refractivity contribution in [3.63, 3.8) is 0 Å². The summed E-state index contributed by atoms with van der Waals surface area (Å²) in [6.07, 6.45) is 0.117. The van der Waals surface area contributed by atoms with Gasteiger partial charge in [-0.1, -0.05) is 97.1 Å². The molecule has 1 amide bonds. The normalized spacial score (nSPS) is 12.2. The van der Waals surface area contributed by atoms with Crippen LogP contribution in [-0.2, 0) is 16.0 Å². The monoisotopic (exact) mass is 735 g/mol. The molecule has 2 aliphatic heterocycles. The van der Waals surface area contributed by atoms with Gasteiger partial charge in [0.05, 0.1) is 5.56 Å². The second-order valence-corrected chi connectivity index (χ2v) is 13.5. The first-order chi connectivity index (χ1) is 27.4. The number of hydrogen-bond donors (Lipinski definition) is 4. The van der Waals surface area contributed by atoms with Crippen molar-refractivity contribution in [1.29, 1.82) is 0 Å². The molecular formula is C43H29N9O4. The number of hydrogen-bond acceptors (Lipinski definition) is 9. The Morgan fingerprint density at radius 2 is 1.05 bits per heavy atom. The molecule has 4 N–H and O–H groups in total. The van der Waals surface area contributed by atoms with Crippen LogP contribution in [0, 0.1) is 0 Å². The Morgan fingerprint density at radius 1 is 0.589 bits per heavy atom. The van der Waals surface area contributed by atoms with Crippen molar-refractivity contribution in [1.82, 2.24) is 45.2 Å². The molecule has 8 aromatic rings. The van der Waals surface area contributed by atoms with Crippen LogP contribution in [0.15, 0.2) is 115 Å². The van der Waals surface area contributed by atoms with Crippen molar-refractivity contribution in [3.8, 4) is 57.1 Å². The number of aromatic nitrogens is 8. The van der Waals surface area contributed by atoms with E-state index in [1.54, 1.807) is 24.3 Å². The van der Waals surface area contributed by atoms with Gasteiger partial charge in [0.2, 0.25) is 5.91 Å². The molecule has 3 aromatic heterocycles. The van der Waals surface area contributed by atoms with E-state index in [-0.39, 0.29) is 6.42 Å². The van der Waals surface area contributed by atoms with Gasteiger partial charge in [-0.25, -0.2) is 34.7 Å². The van der Waals surface area contributed by atoms with Gasteiger partial charge in [0, 0.05) is 51.6 Å². The summed E-state index contributed by atoms with van der Waals surface area (Å²) < 4.78 is 6.51. The predicted octanol–water partition coefficient (Wildman–Crippen LogP) is 7.79. The lowest BCUT2D eigenvalue weighted by Gasteiger charge is -2.14. The summed E-state index contributed by atoms with van der Waals surface area (Å²) in [4.78, 5) is 60.5. The first-order valence-electron chi connectivity index (χ1n) is 17.9. The number of H-pyrrole nitrogens is 2. The molecule has 5 aromatic carbocycles. The molecule has 0 aliphatic carbocycles. The van der Waals surface area contributed by atoms with E-state index in [1.165, 1.54) is 6.92 Å². The number of carboxylic acids is 1. The Kier molecular flexibility index (Phi) is 7.59. The van der Waals surface area contributed by atoms with E-state index in [0.29, 0.717) is 68.5 Å². The number of nitrogens with one attached hydrogen (secondary N) is 3. The zero-order valence-corrected chi connectivity index (χ0v) is 29.6. The zero-order valence-electron chi connectivity index (χ0n) is 29.6. The Bertz CT molecular complexity index is 3090. The number of benzene rings is 5. The van der Waals surface area contributed by atoms with Crippen molar-refractivity contribution < 1.29 is 19.4 Å². The van der Waals surface area contributed by atoms with Crippen LogP contribution >= 0.6 is 0 Å². The number of carboxylic acid groups (broad SMARTS) is 1. The zero-order chi connectivity index (χ0) is 37.9. The third-order valence-corrected chi connectivity index (χ3v) is 9.81. The standard InChI is InChI=1S/C43H29N9O4/c1-22(53)44-32(43(54)55)21-23-17-19-24(20-18-23)56-33-16-8-15-31-34(33)42-51-40-30-14-7-6-13-29(30)38(49-40)47-36-26-10-3-2-9-25(26)35(45-36)46-37-27-11-4-5-12-28(27)39(48-37)50-41(31)52-42/h2-20,32H,21H2,1H3,(H,44,53)(H,54,55)(H2,45,46,47,48,49,50,51,52). The summed E-state index contributed by atoms with van der Waals surface area (Å²) in [5.74, 6) is 1.37. The van der Waals surface area contributed by atoms with Crippen LogP contribution in [0.3, 0.4) is 0 Å². The largest absolute Gasteiger partial charge is 0.480 e. The molecule has 56 heavy (non-hydrogen) atoms. The van der Waals surface area contributed by atoms with E-state index < -0.39 is 17.9 Å². The highest BCUT2D eigenvalue weighted by Gasteiger charge is 2.26. The lowest BCUT2D eigenvalue weighted by molar-refractivity contribution is -0.141. The lowest BCUT2D eigenvalue weighted by atomic mass is 10.1. The Hall–Kier alpha value is -7.80. The number of ether oxygens (including phenoxy) is 1. The molecule has 1 atom stereocenters. The van der Waals surface area contributed by atoms with Crippen LogP contribution in [-0.4, -0.2) is 62.9 Å². The number of aromatic amines is 2. The minimum Gasteiger partial charge on any atom is -0.480 e. The average Bonchev–Trinajstić information content (AvgIpc) is 3.94. The molecule has 270 valence electrons. The number of fused-ring (bicyclic) bond motifs is 20. The highest BCUT2D eigenvalue weighted by Crippen LogP contribution is 2.43. The van der Waals surface area contributed by atoms with Gasteiger partial charge >= 0.3 is 5.97 Å². The van der Waals surface area contributed by atoms with Gasteiger partial charge in [-0.2, -0.15) is 0 Å². The van der Waals surface area contributed by atoms with Crippen LogP contribution in [0.4, 0.5) is 0 Å². The average molecular weight is 736 g/mol. The maximum atomic E-state index is 11.7. The van der Waals surface area contributed by atoms with E-state index >= 15 is 0 Å². The maximum absolute atomic E-state index is 11.7. The van der Waals surface area contributed by atoms with Crippen molar-refractivity contribution in [2.45, 2.75) is 19.4 Å². The molecule has 0 saturated carbocycles. The summed E-state index contributed by atoms with van der Waals surface area (Å²) in [7, 11) is 0. The molecule has 10 rings (SSSR count). The van der Waals surface area contributed by atoms with E-state index in [1.807, 2.05) is 91.0 Å². The van der Waals surface area contributed by atoms with Gasteiger partial charge in [-0.15, -0.1) is 0 Å². The highest BCUT2D eigenvalue weighted by atomic mass is 16.5. The highest BCUT2D eigenvalue weighted by molar-refractivity contribution is 6.06. The molecule has 13 heteroatoms. The fraction of sp³-hybridized carbons (Fsp3) is 0.0698. The summed E-state index contributed by atoms with van der Waals surface area (Å²) in [5, 5.41) is 15.5. The third-order valence-electron chi connectivity index (χ3n) is 9.81. The number of carbonyl (C=O) groups excluding carboxylic acids is 1. The van der Waals surface area contributed by atoms with E-state index in [2.05, 4.69) is 15.3 Å². The molecule has 1 unspecified atom stereocenters. The Labute approximate surface area is 317 Å². The number of amides is 1. The number of nitrogens with zero attached hydrogens (tertiary/aromatic N) is 6. The van der Waals surface area contributed by atoms with Crippen molar-refractivity contribution in [3.05, 3.63) is 121 Å². The van der Waals surface area contributed by atoms with Crippen LogP contribution in [0.2, 0.25) is 0 Å². The first kappa shape index (κ1) is 32.8. The van der Waals surface area contributed by atoms with Crippen LogP contribution < -0.4 is 10.1 Å². The predicted molar refractivity (Wildman–Crippen MR) is 212 cm³/mol. The van der Waals surface area contributed by atoms with Crippen LogP contribution in [0.1, 0.15) is 12.5 Å².